The van der Waals surface area contributed by atoms with Crippen LogP contribution < -0.4 is 11.1 Å². The SMILES string of the molecule is C1COCN1.NCCCCCCCCO. The highest BCUT2D eigenvalue weighted by atomic mass is 16.5. The van der Waals surface area contributed by atoms with Gasteiger partial charge in [-0.1, -0.05) is 25.7 Å². The summed E-state index contributed by atoms with van der Waals surface area (Å²) in [6.07, 6.45) is 7.06. The van der Waals surface area contributed by atoms with Crippen LogP contribution in [-0.4, -0.2) is 38.1 Å². The topological polar surface area (TPSA) is 67.5 Å². The van der Waals surface area contributed by atoms with Gasteiger partial charge in [0.25, 0.3) is 0 Å². The zero-order valence-electron chi connectivity index (χ0n) is 9.71. The van der Waals surface area contributed by atoms with E-state index < -0.39 is 0 Å². The number of hydrogen-bond acceptors (Lipinski definition) is 4. The first-order chi connectivity index (χ1) is 7.41. The Labute approximate surface area is 93.2 Å². The van der Waals surface area contributed by atoms with Crippen molar-refractivity contribution in [3.8, 4) is 0 Å². The number of ether oxygens (including phenoxy) is 1. The first-order valence-corrected chi connectivity index (χ1v) is 6.01. The molecule has 1 saturated heterocycles. The number of nitrogens with two attached hydrogens (primary N) is 1. The van der Waals surface area contributed by atoms with Crippen molar-refractivity contribution in [2.75, 3.05) is 33.0 Å². The van der Waals surface area contributed by atoms with E-state index in [1.165, 1.54) is 25.7 Å². The molecule has 4 heteroatoms. The van der Waals surface area contributed by atoms with Crippen molar-refractivity contribution in [2.45, 2.75) is 38.5 Å². The van der Waals surface area contributed by atoms with E-state index in [4.69, 9.17) is 15.6 Å². The van der Waals surface area contributed by atoms with E-state index in [-0.39, 0.29) is 0 Å². The van der Waals surface area contributed by atoms with Gasteiger partial charge < -0.3 is 15.6 Å². The lowest BCUT2D eigenvalue weighted by Crippen LogP contribution is -2.05. The molecule has 0 unspecified atom stereocenters. The summed E-state index contributed by atoms with van der Waals surface area (Å²) < 4.78 is 4.83. The summed E-state index contributed by atoms with van der Waals surface area (Å²) in [6.45, 7) is 3.83. The molecule has 4 nitrogen and oxygen atoms in total. The van der Waals surface area contributed by atoms with Crippen LogP contribution in [0, 0.1) is 0 Å². The second kappa shape index (κ2) is 13.8. The summed E-state index contributed by atoms with van der Waals surface area (Å²) in [5.74, 6) is 0. The number of hydrogen-bond donors (Lipinski definition) is 3. The van der Waals surface area contributed by atoms with Crippen molar-refractivity contribution in [3.63, 3.8) is 0 Å². The van der Waals surface area contributed by atoms with Gasteiger partial charge in [0.1, 0.15) is 0 Å². The molecule has 0 saturated carbocycles. The highest BCUT2D eigenvalue weighted by Crippen LogP contribution is 2.03. The molecule has 0 aromatic heterocycles. The molecule has 1 aliphatic heterocycles. The second-order valence-electron chi connectivity index (χ2n) is 3.69. The molecule has 0 aliphatic carbocycles. The van der Waals surface area contributed by atoms with Crippen LogP contribution in [0.3, 0.4) is 0 Å². The van der Waals surface area contributed by atoms with Gasteiger partial charge in [-0.2, -0.15) is 0 Å². The standard InChI is InChI=1S/C8H19NO.C3H7NO/c9-7-5-3-1-2-4-6-8-10;1-2-5-3-4-1/h10H,1-9H2;4H,1-3H2. The van der Waals surface area contributed by atoms with E-state index in [1.54, 1.807) is 0 Å². The van der Waals surface area contributed by atoms with Gasteiger partial charge in [-0.25, -0.2) is 0 Å². The third-order valence-electron chi connectivity index (χ3n) is 2.24. The minimum atomic E-state index is 0.344. The maximum Gasteiger partial charge on any atom is 0.0966 e. The summed E-state index contributed by atoms with van der Waals surface area (Å²) in [4.78, 5) is 0. The average molecular weight is 218 g/mol. The molecule has 0 atom stereocenters. The molecule has 1 fully saturated rings. The van der Waals surface area contributed by atoms with Crippen LogP contribution >= 0.6 is 0 Å². The maximum atomic E-state index is 8.45. The van der Waals surface area contributed by atoms with Crippen LogP contribution in [0.25, 0.3) is 0 Å². The summed E-state index contributed by atoms with van der Waals surface area (Å²) in [6, 6.07) is 0. The van der Waals surface area contributed by atoms with Gasteiger partial charge in [-0.05, 0) is 19.4 Å². The number of aliphatic hydroxyl groups excluding tert-OH is 1. The minimum absolute atomic E-state index is 0.344. The van der Waals surface area contributed by atoms with E-state index in [0.29, 0.717) is 6.61 Å². The fourth-order valence-electron chi connectivity index (χ4n) is 1.32. The van der Waals surface area contributed by atoms with Gasteiger partial charge in [0.05, 0.1) is 13.3 Å². The molecule has 15 heavy (non-hydrogen) atoms. The van der Waals surface area contributed by atoms with E-state index in [1.807, 2.05) is 0 Å². The quantitative estimate of drug-likeness (QED) is 0.554. The van der Waals surface area contributed by atoms with Gasteiger partial charge >= 0.3 is 0 Å². The fraction of sp³-hybridized carbons (Fsp3) is 1.00. The van der Waals surface area contributed by atoms with Crippen molar-refractivity contribution in [1.82, 2.24) is 5.32 Å². The molecule has 0 amide bonds. The molecule has 92 valence electrons. The Bertz CT molecular complexity index is 93.2. The number of rotatable bonds is 7. The Morgan fingerprint density at radius 3 is 2.13 bits per heavy atom. The average Bonchev–Trinajstić information content (AvgIpc) is 2.82. The second-order valence-corrected chi connectivity index (χ2v) is 3.69. The zero-order valence-corrected chi connectivity index (χ0v) is 9.71. The predicted molar refractivity (Wildman–Crippen MR) is 62.7 cm³/mol. The van der Waals surface area contributed by atoms with Crippen LogP contribution in [0.15, 0.2) is 0 Å². The summed E-state index contributed by atoms with van der Waals surface area (Å²) in [7, 11) is 0. The van der Waals surface area contributed by atoms with Crippen molar-refractivity contribution in [1.29, 1.82) is 0 Å². The Hall–Kier alpha value is -0.160. The van der Waals surface area contributed by atoms with E-state index >= 15 is 0 Å². The van der Waals surface area contributed by atoms with Crippen LogP contribution in [0.4, 0.5) is 0 Å². The van der Waals surface area contributed by atoms with Gasteiger partial charge in [0.15, 0.2) is 0 Å². The first kappa shape index (κ1) is 14.8. The lowest BCUT2D eigenvalue weighted by atomic mass is 10.1. The number of nitrogens with one attached hydrogen (secondary N) is 1. The highest BCUT2D eigenvalue weighted by molar-refractivity contribution is 4.44. The number of aliphatic hydroxyl groups is 1. The van der Waals surface area contributed by atoms with Gasteiger partial charge in [0.2, 0.25) is 0 Å². The third kappa shape index (κ3) is 13.8. The lowest BCUT2D eigenvalue weighted by Gasteiger charge is -1.97. The molecule has 4 N–H and O–H groups in total. The normalized spacial score (nSPS) is 14.8. The maximum absolute atomic E-state index is 8.45. The fourth-order valence-corrected chi connectivity index (χ4v) is 1.32. The smallest absolute Gasteiger partial charge is 0.0966 e. The Balaban J connectivity index is 0.000000322. The van der Waals surface area contributed by atoms with Crippen LogP contribution in [0.2, 0.25) is 0 Å². The van der Waals surface area contributed by atoms with Crippen molar-refractivity contribution in [2.24, 2.45) is 5.73 Å². The Morgan fingerprint density at radius 2 is 1.73 bits per heavy atom. The molecule has 0 radical (unpaired) electrons. The number of unbranched alkanes of at least 4 members (excludes halogenated alkanes) is 5. The highest BCUT2D eigenvalue weighted by Gasteiger charge is 1.92. The van der Waals surface area contributed by atoms with E-state index in [2.05, 4.69) is 5.32 Å². The largest absolute Gasteiger partial charge is 0.396 e. The van der Waals surface area contributed by atoms with Gasteiger partial charge in [0, 0.05) is 13.2 Å². The molecule has 1 rings (SSSR count). The molecule has 0 bridgehead atoms. The molecule has 0 aromatic carbocycles. The van der Waals surface area contributed by atoms with Crippen LogP contribution in [0.1, 0.15) is 38.5 Å². The van der Waals surface area contributed by atoms with E-state index in [9.17, 15) is 0 Å². The third-order valence-corrected chi connectivity index (χ3v) is 2.24. The summed E-state index contributed by atoms with van der Waals surface area (Å²) in [5.41, 5.74) is 5.33. The van der Waals surface area contributed by atoms with Crippen molar-refractivity contribution < 1.29 is 9.84 Å². The zero-order chi connectivity index (χ0) is 11.2. The predicted octanol–water partition coefficient (Wildman–Crippen LogP) is 0.842. The molecule has 1 aliphatic rings. The van der Waals surface area contributed by atoms with Gasteiger partial charge in [-0.3, -0.25) is 5.32 Å². The summed E-state index contributed by atoms with van der Waals surface area (Å²) >= 11 is 0. The molecular formula is C11H26N2O2. The molecule has 1 heterocycles. The van der Waals surface area contributed by atoms with Gasteiger partial charge in [-0.15, -0.1) is 0 Å². The lowest BCUT2D eigenvalue weighted by molar-refractivity contribution is 0.194. The minimum Gasteiger partial charge on any atom is -0.396 e. The van der Waals surface area contributed by atoms with E-state index in [0.717, 1.165) is 39.3 Å². The van der Waals surface area contributed by atoms with Crippen LogP contribution in [0.5, 0.6) is 0 Å². The Morgan fingerprint density at radius 1 is 1.07 bits per heavy atom. The van der Waals surface area contributed by atoms with Crippen LogP contribution in [-0.2, 0) is 4.74 Å². The molecular weight excluding hydrogens is 192 g/mol. The monoisotopic (exact) mass is 218 g/mol. The first-order valence-electron chi connectivity index (χ1n) is 6.01. The van der Waals surface area contributed by atoms with Crippen molar-refractivity contribution in [3.05, 3.63) is 0 Å². The summed E-state index contributed by atoms with van der Waals surface area (Å²) in [5, 5.41) is 11.4. The Kier molecular flexibility index (Phi) is 13.7. The molecule has 0 spiro atoms. The molecule has 0 aromatic rings. The van der Waals surface area contributed by atoms with Crippen molar-refractivity contribution >= 4 is 0 Å².